The van der Waals surface area contributed by atoms with E-state index in [0.717, 1.165) is 24.3 Å². The molecule has 0 bridgehead atoms. The third kappa shape index (κ3) is 5.30. The lowest BCUT2D eigenvalue weighted by Gasteiger charge is -2.27. The summed E-state index contributed by atoms with van der Waals surface area (Å²) in [4.78, 5) is 14.2. The van der Waals surface area contributed by atoms with Crippen LogP contribution in [0.5, 0.6) is 0 Å². The molecule has 0 aromatic heterocycles. The van der Waals surface area contributed by atoms with E-state index in [0.29, 0.717) is 17.6 Å². The highest BCUT2D eigenvalue weighted by atomic mass is 35.5. The molecule has 1 aliphatic heterocycles. The van der Waals surface area contributed by atoms with E-state index in [2.05, 4.69) is 15.5 Å². The lowest BCUT2D eigenvalue weighted by molar-refractivity contribution is -0.117. The molecule has 1 amide bonds. The summed E-state index contributed by atoms with van der Waals surface area (Å²) in [6.45, 7) is 4.35. The quantitative estimate of drug-likeness (QED) is 0.879. The Labute approximate surface area is 131 Å². The fourth-order valence-electron chi connectivity index (χ4n) is 2.72. The maximum atomic E-state index is 12.1. The summed E-state index contributed by atoms with van der Waals surface area (Å²) in [5, 5.41) is 7.13. The first-order chi connectivity index (χ1) is 10.0. The molecule has 1 heterocycles. The van der Waals surface area contributed by atoms with Crippen LogP contribution in [-0.2, 0) is 4.79 Å². The van der Waals surface area contributed by atoms with E-state index in [1.54, 1.807) is 6.07 Å². The zero-order valence-electron chi connectivity index (χ0n) is 12.8. The summed E-state index contributed by atoms with van der Waals surface area (Å²) < 4.78 is 0. The second-order valence-electron chi connectivity index (χ2n) is 5.85. The van der Waals surface area contributed by atoms with Crippen molar-refractivity contribution in [1.29, 1.82) is 0 Å². The number of rotatable bonds is 5. The summed E-state index contributed by atoms with van der Waals surface area (Å²) in [6, 6.07) is 6.00. The summed E-state index contributed by atoms with van der Waals surface area (Å²) in [5.41, 5.74) is 1.81. The lowest BCUT2D eigenvalue weighted by atomic mass is 10.0. The molecule has 2 N–H and O–H groups in total. The Hall–Kier alpha value is -1.10. The normalized spacial score (nSPS) is 18.8. The van der Waals surface area contributed by atoms with Crippen LogP contribution >= 0.6 is 11.6 Å². The number of nitrogens with zero attached hydrogens (tertiary/aromatic N) is 1. The SMILES string of the molecule is Cc1cc(Cl)ccc1NC(=O)CN(C)CC1CCCCN1. The van der Waals surface area contributed by atoms with E-state index in [9.17, 15) is 4.79 Å². The lowest BCUT2D eigenvalue weighted by Crippen LogP contribution is -2.44. The number of hydrogen-bond donors (Lipinski definition) is 2. The van der Waals surface area contributed by atoms with Crippen molar-refractivity contribution in [3.8, 4) is 0 Å². The number of carbonyl (C=O) groups excluding carboxylic acids is 1. The van der Waals surface area contributed by atoms with Crippen LogP contribution in [-0.4, -0.2) is 43.5 Å². The fourth-order valence-corrected chi connectivity index (χ4v) is 2.95. The highest BCUT2D eigenvalue weighted by molar-refractivity contribution is 6.30. The van der Waals surface area contributed by atoms with Gasteiger partial charge in [-0.05, 0) is 57.1 Å². The van der Waals surface area contributed by atoms with Gasteiger partial charge in [0.05, 0.1) is 6.54 Å². The minimum atomic E-state index is 0.0127. The number of piperidine rings is 1. The van der Waals surface area contributed by atoms with E-state index >= 15 is 0 Å². The molecule has 0 aliphatic carbocycles. The molecule has 0 saturated carbocycles. The van der Waals surface area contributed by atoms with Crippen molar-refractivity contribution in [3.05, 3.63) is 28.8 Å². The topological polar surface area (TPSA) is 44.4 Å². The minimum absolute atomic E-state index is 0.0127. The summed E-state index contributed by atoms with van der Waals surface area (Å²) in [6.07, 6.45) is 3.74. The number of benzene rings is 1. The zero-order chi connectivity index (χ0) is 15.2. The molecule has 21 heavy (non-hydrogen) atoms. The number of aryl methyl sites for hydroxylation is 1. The van der Waals surface area contributed by atoms with Gasteiger partial charge in [0.1, 0.15) is 0 Å². The molecule has 1 aromatic rings. The van der Waals surface area contributed by atoms with Crippen LogP contribution in [0.3, 0.4) is 0 Å². The predicted octanol–water partition coefficient (Wildman–Crippen LogP) is 2.66. The molecular formula is C16H24ClN3O. The van der Waals surface area contributed by atoms with E-state index in [1.165, 1.54) is 19.3 Å². The Bertz CT molecular complexity index is 486. The van der Waals surface area contributed by atoms with Gasteiger partial charge in [0, 0.05) is 23.3 Å². The van der Waals surface area contributed by atoms with E-state index in [1.807, 2.05) is 26.1 Å². The minimum Gasteiger partial charge on any atom is -0.325 e. The van der Waals surface area contributed by atoms with Crippen molar-refractivity contribution in [2.45, 2.75) is 32.2 Å². The van der Waals surface area contributed by atoms with Crippen LogP contribution in [0, 0.1) is 6.92 Å². The van der Waals surface area contributed by atoms with E-state index in [4.69, 9.17) is 11.6 Å². The monoisotopic (exact) mass is 309 g/mol. The molecule has 0 radical (unpaired) electrons. The van der Waals surface area contributed by atoms with Crippen molar-refractivity contribution in [2.24, 2.45) is 0 Å². The second-order valence-corrected chi connectivity index (χ2v) is 6.29. The third-order valence-corrected chi connectivity index (χ3v) is 4.06. The van der Waals surface area contributed by atoms with Crippen LogP contribution in [0.25, 0.3) is 0 Å². The van der Waals surface area contributed by atoms with Gasteiger partial charge in [0.2, 0.25) is 5.91 Å². The molecule has 1 atom stereocenters. The van der Waals surface area contributed by atoms with Gasteiger partial charge in [0.25, 0.3) is 0 Å². The summed E-state index contributed by atoms with van der Waals surface area (Å²) in [5.74, 6) is 0.0127. The molecule has 4 nitrogen and oxygen atoms in total. The van der Waals surface area contributed by atoms with Crippen molar-refractivity contribution in [2.75, 3.05) is 32.0 Å². The molecule has 5 heteroatoms. The number of amides is 1. The Kier molecular flexibility index (Phi) is 6.03. The Balaban J connectivity index is 1.80. The highest BCUT2D eigenvalue weighted by Crippen LogP contribution is 2.19. The number of halogens is 1. The molecule has 1 saturated heterocycles. The van der Waals surface area contributed by atoms with Crippen LogP contribution in [0.4, 0.5) is 5.69 Å². The fraction of sp³-hybridized carbons (Fsp3) is 0.562. The summed E-state index contributed by atoms with van der Waals surface area (Å²) >= 11 is 5.92. The number of anilines is 1. The van der Waals surface area contributed by atoms with Gasteiger partial charge in [-0.25, -0.2) is 0 Å². The first-order valence-corrected chi connectivity index (χ1v) is 7.90. The molecule has 1 aromatic carbocycles. The molecular weight excluding hydrogens is 286 g/mol. The molecule has 1 fully saturated rings. The maximum Gasteiger partial charge on any atom is 0.238 e. The average Bonchev–Trinajstić information content (AvgIpc) is 2.43. The molecule has 2 rings (SSSR count). The van der Waals surface area contributed by atoms with Gasteiger partial charge in [-0.15, -0.1) is 0 Å². The zero-order valence-corrected chi connectivity index (χ0v) is 13.5. The largest absolute Gasteiger partial charge is 0.325 e. The Morgan fingerprint density at radius 1 is 1.48 bits per heavy atom. The van der Waals surface area contributed by atoms with Crippen LogP contribution in [0.1, 0.15) is 24.8 Å². The molecule has 1 unspecified atom stereocenters. The summed E-state index contributed by atoms with van der Waals surface area (Å²) in [7, 11) is 1.99. The first-order valence-electron chi connectivity index (χ1n) is 7.52. The van der Waals surface area contributed by atoms with E-state index in [-0.39, 0.29) is 5.91 Å². The number of likely N-dealkylation sites (N-methyl/N-ethyl adjacent to an activating group) is 1. The average molecular weight is 310 g/mol. The van der Waals surface area contributed by atoms with Crippen LogP contribution in [0.2, 0.25) is 5.02 Å². The van der Waals surface area contributed by atoms with Gasteiger partial charge in [-0.2, -0.15) is 0 Å². The van der Waals surface area contributed by atoms with E-state index < -0.39 is 0 Å². The molecule has 116 valence electrons. The van der Waals surface area contributed by atoms with Crippen molar-refractivity contribution >= 4 is 23.2 Å². The third-order valence-electron chi connectivity index (χ3n) is 3.82. The Morgan fingerprint density at radius 3 is 2.95 bits per heavy atom. The smallest absolute Gasteiger partial charge is 0.238 e. The van der Waals surface area contributed by atoms with Crippen molar-refractivity contribution < 1.29 is 4.79 Å². The second kappa shape index (κ2) is 7.78. The number of nitrogens with one attached hydrogen (secondary N) is 2. The first kappa shape index (κ1) is 16.3. The Morgan fingerprint density at radius 2 is 2.29 bits per heavy atom. The maximum absolute atomic E-state index is 12.1. The standard InChI is InChI=1S/C16H24ClN3O/c1-12-9-13(17)6-7-15(12)19-16(21)11-20(2)10-14-5-3-4-8-18-14/h6-7,9,14,18H,3-5,8,10-11H2,1-2H3,(H,19,21). The van der Waals surface area contributed by atoms with Gasteiger partial charge in [0.15, 0.2) is 0 Å². The number of hydrogen-bond acceptors (Lipinski definition) is 3. The van der Waals surface area contributed by atoms with Gasteiger partial charge >= 0.3 is 0 Å². The van der Waals surface area contributed by atoms with Gasteiger partial charge in [-0.1, -0.05) is 18.0 Å². The predicted molar refractivity (Wildman–Crippen MR) is 88.0 cm³/mol. The van der Waals surface area contributed by atoms with Crippen LogP contribution < -0.4 is 10.6 Å². The van der Waals surface area contributed by atoms with Crippen LogP contribution in [0.15, 0.2) is 18.2 Å². The van der Waals surface area contributed by atoms with Crippen molar-refractivity contribution in [3.63, 3.8) is 0 Å². The van der Waals surface area contributed by atoms with Crippen molar-refractivity contribution in [1.82, 2.24) is 10.2 Å². The molecule has 0 spiro atoms. The highest BCUT2D eigenvalue weighted by Gasteiger charge is 2.16. The number of carbonyl (C=O) groups is 1. The van der Waals surface area contributed by atoms with Gasteiger partial charge < -0.3 is 10.6 Å². The molecule has 1 aliphatic rings. The van der Waals surface area contributed by atoms with Gasteiger partial charge in [-0.3, -0.25) is 9.69 Å².